The van der Waals surface area contributed by atoms with Gasteiger partial charge in [-0.25, -0.2) is 10.1 Å². The maximum Gasteiger partial charge on any atom is 0.292 e. The average Bonchev–Trinajstić information content (AvgIpc) is 3.58. The number of carbonyl (C=O) groups excluding carboxylic acids is 1. The molecule has 0 bridgehead atoms. The highest BCUT2D eigenvalue weighted by atomic mass is 35.5. The van der Waals surface area contributed by atoms with Gasteiger partial charge in [0.2, 0.25) is 11.6 Å². The molecule has 2 aromatic carbocycles. The van der Waals surface area contributed by atoms with Crippen molar-refractivity contribution in [1.82, 2.24) is 35.6 Å². The number of hydrogen-bond acceptors (Lipinski definition) is 12. The normalized spacial score (nSPS) is 13.9. The van der Waals surface area contributed by atoms with Crippen LogP contribution in [-0.2, 0) is 17.9 Å². The molecule has 14 nitrogen and oxygen atoms in total. The molecule has 0 unspecified atom stereocenters. The van der Waals surface area contributed by atoms with Crippen LogP contribution in [0.15, 0.2) is 40.1 Å². The van der Waals surface area contributed by atoms with E-state index < -0.39 is 5.91 Å². The summed E-state index contributed by atoms with van der Waals surface area (Å²) in [4.78, 5) is 15.4. The number of carbonyl (C=O) groups is 1. The summed E-state index contributed by atoms with van der Waals surface area (Å²) in [5, 5.41) is 20.6. The van der Waals surface area contributed by atoms with Gasteiger partial charge in [0.25, 0.3) is 5.91 Å². The summed E-state index contributed by atoms with van der Waals surface area (Å²) in [6.45, 7) is 2.95. The first kappa shape index (κ1) is 29.5. The van der Waals surface area contributed by atoms with Crippen LogP contribution in [0.5, 0.6) is 11.5 Å². The fraction of sp³-hybridized carbons (Fsp3) is 0.280. The number of nitrogens with two attached hydrogens (primary N) is 1. The Labute approximate surface area is 254 Å². The molecule has 1 fully saturated rings. The van der Waals surface area contributed by atoms with Gasteiger partial charge in [-0.2, -0.15) is 9.78 Å². The van der Waals surface area contributed by atoms with Gasteiger partial charge in [0.1, 0.15) is 18.1 Å². The van der Waals surface area contributed by atoms with Crippen molar-refractivity contribution in [3.8, 4) is 17.3 Å². The van der Waals surface area contributed by atoms with E-state index in [-0.39, 0.29) is 39.7 Å². The van der Waals surface area contributed by atoms with Gasteiger partial charge in [-0.15, -0.1) is 5.10 Å². The van der Waals surface area contributed by atoms with Gasteiger partial charge >= 0.3 is 0 Å². The summed E-state index contributed by atoms with van der Waals surface area (Å²) in [7, 11) is 1.54. The van der Waals surface area contributed by atoms with Gasteiger partial charge < -0.3 is 19.9 Å². The Kier molecular flexibility index (Phi) is 9.39. The molecular formula is C25H24Cl3N9O5. The van der Waals surface area contributed by atoms with Gasteiger partial charge in [-0.3, -0.25) is 9.69 Å². The van der Waals surface area contributed by atoms with Crippen LogP contribution in [-0.4, -0.2) is 75.7 Å². The first-order valence-corrected chi connectivity index (χ1v) is 13.6. The monoisotopic (exact) mass is 635 g/mol. The minimum Gasteiger partial charge on any atom is -0.496 e. The van der Waals surface area contributed by atoms with Crippen LogP contribution in [0.25, 0.3) is 5.82 Å². The number of methoxy groups -OCH3 is 1. The van der Waals surface area contributed by atoms with Crippen molar-refractivity contribution < 1.29 is 23.6 Å². The average molecular weight is 637 g/mol. The molecule has 0 aliphatic carbocycles. The van der Waals surface area contributed by atoms with Gasteiger partial charge in [0.15, 0.2) is 11.4 Å². The number of amides is 1. The smallest absolute Gasteiger partial charge is 0.292 e. The number of nitrogens with one attached hydrogen (secondary N) is 1. The number of morpholine rings is 1. The van der Waals surface area contributed by atoms with E-state index in [1.807, 2.05) is 0 Å². The lowest BCUT2D eigenvalue weighted by Gasteiger charge is -2.25. The predicted octanol–water partition coefficient (Wildman–Crippen LogP) is 3.38. The summed E-state index contributed by atoms with van der Waals surface area (Å²) in [6.07, 6.45) is 1.46. The van der Waals surface area contributed by atoms with E-state index in [1.165, 1.54) is 30.1 Å². The number of rotatable bonds is 10. The molecule has 42 heavy (non-hydrogen) atoms. The molecule has 4 aromatic rings. The van der Waals surface area contributed by atoms with Crippen LogP contribution >= 0.6 is 34.8 Å². The first-order chi connectivity index (χ1) is 20.3. The first-order valence-electron chi connectivity index (χ1n) is 12.4. The van der Waals surface area contributed by atoms with Gasteiger partial charge in [-0.1, -0.05) is 40.0 Å². The van der Waals surface area contributed by atoms with E-state index in [4.69, 9.17) is 54.7 Å². The molecule has 5 rings (SSSR count). The van der Waals surface area contributed by atoms with Crippen LogP contribution in [0.1, 0.15) is 27.3 Å². The molecule has 0 saturated carbocycles. The number of ether oxygens (including phenoxy) is 3. The van der Waals surface area contributed by atoms with E-state index >= 15 is 0 Å². The maximum atomic E-state index is 13.3. The van der Waals surface area contributed by atoms with Crippen molar-refractivity contribution in [3.63, 3.8) is 0 Å². The number of nitrogen functional groups attached to an aromatic ring is 1. The van der Waals surface area contributed by atoms with E-state index in [0.29, 0.717) is 60.4 Å². The molecule has 1 amide bonds. The number of nitrogens with zero attached hydrogens (tertiary/aromatic N) is 7. The highest BCUT2D eigenvalue weighted by Gasteiger charge is 2.26. The molecule has 3 heterocycles. The number of anilines is 1. The van der Waals surface area contributed by atoms with Crippen LogP contribution in [0.4, 0.5) is 5.82 Å². The highest BCUT2D eigenvalue weighted by molar-refractivity contribution is 6.40. The molecule has 1 aliphatic heterocycles. The summed E-state index contributed by atoms with van der Waals surface area (Å²) >= 11 is 18.5. The maximum absolute atomic E-state index is 13.3. The third-order valence-corrected chi connectivity index (χ3v) is 6.93. The summed E-state index contributed by atoms with van der Waals surface area (Å²) in [5.74, 6) is 0.247. The number of halogens is 3. The summed E-state index contributed by atoms with van der Waals surface area (Å²) < 4.78 is 22.6. The van der Waals surface area contributed by atoms with E-state index in [1.54, 1.807) is 18.2 Å². The Balaban J connectivity index is 1.33. The SMILES string of the molecule is COc1ccc(/C=N/NC(=O)c2c(CN3CCOCC3)nnn2-c2nonc2N)cc1COc1c(Cl)cc(Cl)cc1Cl. The quantitative estimate of drug-likeness (QED) is 0.193. The Hall–Kier alpha value is -3.95. The minimum absolute atomic E-state index is 0.0329. The number of hydrazone groups is 1. The lowest BCUT2D eigenvalue weighted by atomic mass is 10.1. The number of hydrogen-bond donors (Lipinski definition) is 2. The van der Waals surface area contributed by atoms with Crippen molar-refractivity contribution in [1.29, 1.82) is 0 Å². The zero-order valence-electron chi connectivity index (χ0n) is 22.1. The third-order valence-electron chi connectivity index (χ3n) is 6.15. The standard InChI is InChI=1S/C25H24Cl3N9O5/c1-39-20-3-2-14(8-15(20)13-41-22-17(27)9-16(26)10-18(22)28)11-30-32-25(38)21-19(12-36-4-6-40-7-5-36)31-35-37(21)24-23(29)33-42-34-24/h2-3,8-11H,4-7,12-13H2,1H3,(H2,29,33)(H,32,38)/b30-11+. The molecule has 0 radical (unpaired) electrons. The zero-order valence-corrected chi connectivity index (χ0v) is 24.4. The lowest BCUT2D eigenvalue weighted by Crippen LogP contribution is -2.36. The molecular weight excluding hydrogens is 613 g/mol. The Morgan fingerprint density at radius 3 is 2.62 bits per heavy atom. The van der Waals surface area contributed by atoms with E-state index in [2.05, 4.69) is 40.7 Å². The minimum atomic E-state index is -0.592. The van der Waals surface area contributed by atoms with Crippen LogP contribution in [0, 0.1) is 0 Å². The number of benzene rings is 2. The van der Waals surface area contributed by atoms with Gasteiger partial charge in [-0.05, 0) is 46.2 Å². The molecule has 1 saturated heterocycles. The van der Waals surface area contributed by atoms with Crippen molar-refractivity contribution in [2.75, 3.05) is 39.1 Å². The van der Waals surface area contributed by atoms with Crippen molar-refractivity contribution in [2.24, 2.45) is 5.10 Å². The predicted molar refractivity (Wildman–Crippen MR) is 154 cm³/mol. The molecule has 2 aromatic heterocycles. The summed E-state index contributed by atoms with van der Waals surface area (Å²) in [5.41, 5.74) is 10.2. The Bertz CT molecular complexity index is 1580. The van der Waals surface area contributed by atoms with Crippen molar-refractivity contribution >= 4 is 52.7 Å². The Morgan fingerprint density at radius 2 is 1.93 bits per heavy atom. The van der Waals surface area contributed by atoms with Gasteiger partial charge in [0, 0.05) is 30.2 Å². The molecule has 0 atom stereocenters. The molecule has 17 heteroatoms. The second kappa shape index (κ2) is 13.4. The zero-order chi connectivity index (χ0) is 29.6. The second-order valence-corrected chi connectivity index (χ2v) is 10.2. The molecule has 3 N–H and O–H groups in total. The van der Waals surface area contributed by atoms with Crippen molar-refractivity contribution in [2.45, 2.75) is 13.2 Å². The molecule has 220 valence electrons. The third kappa shape index (κ3) is 6.74. The van der Waals surface area contributed by atoms with Gasteiger partial charge in [0.05, 0.1) is 36.6 Å². The topological polar surface area (TPSA) is 168 Å². The number of aromatic nitrogens is 5. The lowest BCUT2D eigenvalue weighted by molar-refractivity contribution is 0.0335. The fourth-order valence-corrected chi connectivity index (χ4v) is 5.06. The van der Waals surface area contributed by atoms with Crippen LogP contribution in [0.3, 0.4) is 0 Å². The summed E-state index contributed by atoms with van der Waals surface area (Å²) in [6, 6.07) is 8.36. The van der Waals surface area contributed by atoms with E-state index in [9.17, 15) is 4.79 Å². The van der Waals surface area contributed by atoms with Crippen molar-refractivity contribution in [3.05, 3.63) is 67.9 Å². The van der Waals surface area contributed by atoms with Crippen LogP contribution in [0.2, 0.25) is 15.1 Å². The fourth-order valence-electron chi connectivity index (χ4n) is 4.13. The molecule has 1 aliphatic rings. The highest BCUT2D eigenvalue weighted by Crippen LogP contribution is 2.36. The van der Waals surface area contributed by atoms with Crippen LogP contribution < -0.4 is 20.6 Å². The second-order valence-electron chi connectivity index (χ2n) is 8.92. The van der Waals surface area contributed by atoms with E-state index in [0.717, 1.165) is 0 Å². The Morgan fingerprint density at radius 1 is 1.17 bits per heavy atom. The largest absolute Gasteiger partial charge is 0.496 e. The molecule has 0 spiro atoms.